The van der Waals surface area contributed by atoms with Crippen molar-refractivity contribution in [3.63, 3.8) is 0 Å². The van der Waals surface area contributed by atoms with Crippen LogP contribution in [0.3, 0.4) is 0 Å². The number of hydroxylamine groups is 1. The van der Waals surface area contributed by atoms with E-state index in [0.29, 0.717) is 0 Å². The van der Waals surface area contributed by atoms with E-state index >= 15 is 0 Å². The fraction of sp³-hybridized carbons (Fsp3) is 0.875. The SMILES string of the molecule is CNOC(=O)C1CCC(F)(F)CC1. The molecule has 5 heteroatoms. The quantitative estimate of drug-likeness (QED) is 0.675. The lowest BCUT2D eigenvalue weighted by atomic mass is 9.87. The predicted octanol–water partition coefficient (Wildman–Crippen LogP) is 1.49. The highest BCUT2D eigenvalue weighted by atomic mass is 19.3. The molecule has 0 saturated heterocycles. The summed E-state index contributed by atoms with van der Waals surface area (Å²) in [6.07, 6.45) is 0.00793. The van der Waals surface area contributed by atoms with E-state index in [1.807, 2.05) is 0 Å². The van der Waals surface area contributed by atoms with E-state index in [1.54, 1.807) is 0 Å². The monoisotopic (exact) mass is 193 g/mol. The molecule has 1 aliphatic carbocycles. The minimum atomic E-state index is -2.59. The standard InChI is InChI=1S/C8H13F2NO2/c1-11-13-7(12)6-2-4-8(9,10)5-3-6/h6,11H,2-5H2,1H3. The van der Waals surface area contributed by atoms with Crippen molar-refractivity contribution in [2.24, 2.45) is 5.92 Å². The van der Waals surface area contributed by atoms with E-state index < -0.39 is 11.9 Å². The zero-order valence-corrected chi connectivity index (χ0v) is 7.48. The van der Waals surface area contributed by atoms with E-state index in [1.165, 1.54) is 7.05 Å². The second-order valence-corrected chi connectivity index (χ2v) is 3.26. The Morgan fingerprint density at radius 1 is 1.46 bits per heavy atom. The van der Waals surface area contributed by atoms with Crippen LogP contribution >= 0.6 is 0 Å². The van der Waals surface area contributed by atoms with Crippen LogP contribution in [0.4, 0.5) is 8.78 Å². The van der Waals surface area contributed by atoms with Crippen molar-refractivity contribution in [3.05, 3.63) is 0 Å². The summed E-state index contributed by atoms with van der Waals surface area (Å²) in [5, 5.41) is 0. The topological polar surface area (TPSA) is 38.3 Å². The highest BCUT2D eigenvalue weighted by Crippen LogP contribution is 2.36. The van der Waals surface area contributed by atoms with Crippen molar-refractivity contribution in [1.29, 1.82) is 0 Å². The summed E-state index contributed by atoms with van der Waals surface area (Å²) >= 11 is 0. The second-order valence-electron chi connectivity index (χ2n) is 3.26. The van der Waals surface area contributed by atoms with Crippen molar-refractivity contribution in [3.8, 4) is 0 Å². The Morgan fingerprint density at radius 3 is 2.46 bits per heavy atom. The lowest BCUT2D eigenvalue weighted by Gasteiger charge is -2.26. The highest BCUT2D eigenvalue weighted by molar-refractivity contribution is 5.72. The lowest BCUT2D eigenvalue weighted by Crippen LogP contribution is -2.31. The summed E-state index contributed by atoms with van der Waals surface area (Å²) in [5.74, 6) is -3.39. The molecule has 1 N–H and O–H groups in total. The maximum absolute atomic E-state index is 12.7. The minimum Gasteiger partial charge on any atom is -0.371 e. The number of hydrogen-bond donors (Lipinski definition) is 1. The van der Waals surface area contributed by atoms with E-state index in [-0.39, 0.29) is 31.6 Å². The van der Waals surface area contributed by atoms with Crippen LogP contribution in [0, 0.1) is 5.92 Å². The summed E-state index contributed by atoms with van der Waals surface area (Å²) in [7, 11) is 1.47. The molecule has 0 bridgehead atoms. The van der Waals surface area contributed by atoms with Crippen LogP contribution < -0.4 is 5.48 Å². The smallest absolute Gasteiger partial charge is 0.327 e. The summed E-state index contributed by atoms with van der Waals surface area (Å²) in [5.41, 5.74) is 2.25. The van der Waals surface area contributed by atoms with Gasteiger partial charge in [-0.3, -0.25) is 4.79 Å². The van der Waals surface area contributed by atoms with Crippen LogP contribution in [-0.4, -0.2) is 18.9 Å². The number of halogens is 2. The van der Waals surface area contributed by atoms with Crippen molar-refractivity contribution >= 4 is 5.97 Å². The third-order valence-electron chi connectivity index (χ3n) is 2.25. The molecule has 1 aliphatic rings. The van der Waals surface area contributed by atoms with E-state index in [4.69, 9.17) is 0 Å². The summed E-state index contributed by atoms with van der Waals surface area (Å²) < 4.78 is 25.3. The van der Waals surface area contributed by atoms with Crippen LogP contribution in [0.1, 0.15) is 25.7 Å². The van der Waals surface area contributed by atoms with Crippen molar-refractivity contribution in [1.82, 2.24) is 5.48 Å². The Balaban J connectivity index is 2.36. The van der Waals surface area contributed by atoms with Crippen molar-refractivity contribution in [2.45, 2.75) is 31.6 Å². The van der Waals surface area contributed by atoms with Crippen molar-refractivity contribution in [2.75, 3.05) is 7.05 Å². The fourth-order valence-corrected chi connectivity index (χ4v) is 1.46. The fourth-order valence-electron chi connectivity index (χ4n) is 1.46. The summed E-state index contributed by atoms with van der Waals surface area (Å²) in [4.78, 5) is 15.6. The van der Waals surface area contributed by atoms with Crippen LogP contribution in [0.5, 0.6) is 0 Å². The van der Waals surface area contributed by atoms with Gasteiger partial charge in [0.1, 0.15) is 0 Å². The molecular formula is C8H13F2NO2. The molecule has 0 aliphatic heterocycles. The molecule has 0 amide bonds. The number of hydrogen-bond acceptors (Lipinski definition) is 3. The first-order chi connectivity index (χ1) is 6.05. The molecule has 1 saturated carbocycles. The molecule has 76 valence electrons. The molecule has 0 heterocycles. The second kappa shape index (κ2) is 4.00. The Bertz CT molecular complexity index is 187. The third-order valence-corrected chi connectivity index (χ3v) is 2.25. The largest absolute Gasteiger partial charge is 0.371 e. The molecule has 0 aromatic rings. The Labute approximate surface area is 75.4 Å². The molecule has 0 atom stereocenters. The van der Waals surface area contributed by atoms with E-state index in [9.17, 15) is 13.6 Å². The van der Waals surface area contributed by atoms with Crippen LogP contribution in [0.15, 0.2) is 0 Å². The van der Waals surface area contributed by atoms with E-state index in [2.05, 4.69) is 10.3 Å². The van der Waals surface area contributed by atoms with Crippen LogP contribution in [-0.2, 0) is 9.63 Å². The van der Waals surface area contributed by atoms with Gasteiger partial charge in [-0.2, -0.15) is 5.48 Å². The van der Waals surface area contributed by atoms with Gasteiger partial charge in [-0.1, -0.05) is 0 Å². The van der Waals surface area contributed by atoms with Gasteiger partial charge in [0.15, 0.2) is 0 Å². The van der Waals surface area contributed by atoms with Crippen molar-refractivity contribution < 1.29 is 18.4 Å². The molecule has 3 nitrogen and oxygen atoms in total. The zero-order chi connectivity index (χ0) is 9.90. The molecular weight excluding hydrogens is 180 g/mol. The van der Waals surface area contributed by atoms with E-state index in [0.717, 1.165) is 0 Å². The zero-order valence-electron chi connectivity index (χ0n) is 7.48. The summed E-state index contributed by atoms with van der Waals surface area (Å²) in [6, 6.07) is 0. The maximum Gasteiger partial charge on any atom is 0.327 e. The molecule has 0 aromatic heterocycles. The molecule has 0 spiro atoms. The lowest BCUT2D eigenvalue weighted by molar-refractivity contribution is -0.158. The van der Waals surface area contributed by atoms with Gasteiger partial charge < -0.3 is 4.84 Å². The van der Waals surface area contributed by atoms with Crippen LogP contribution in [0.25, 0.3) is 0 Å². The van der Waals surface area contributed by atoms with Gasteiger partial charge in [-0.25, -0.2) is 8.78 Å². The first-order valence-corrected chi connectivity index (χ1v) is 4.30. The normalized spacial score (nSPS) is 22.7. The first-order valence-electron chi connectivity index (χ1n) is 4.30. The van der Waals surface area contributed by atoms with Gasteiger partial charge in [0.05, 0.1) is 5.92 Å². The van der Waals surface area contributed by atoms with Gasteiger partial charge in [0, 0.05) is 19.9 Å². The number of carbonyl (C=O) groups is 1. The number of nitrogens with one attached hydrogen (secondary N) is 1. The number of alkyl halides is 2. The molecule has 0 radical (unpaired) electrons. The molecule has 1 fully saturated rings. The van der Waals surface area contributed by atoms with Crippen LogP contribution in [0.2, 0.25) is 0 Å². The maximum atomic E-state index is 12.7. The average molecular weight is 193 g/mol. The predicted molar refractivity (Wildman–Crippen MR) is 42.1 cm³/mol. The highest BCUT2D eigenvalue weighted by Gasteiger charge is 2.37. The van der Waals surface area contributed by atoms with Gasteiger partial charge in [0.25, 0.3) is 0 Å². The minimum absolute atomic E-state index is 0.212. The first kappa shape index (κ1) is 10.4. The molecule has 0 unspecified atom stereocenters. The Morgan fingerprint density at radius 2 is 2.00 bits per heavy atom. The summed E-state index contributed by atoms with van der Waals surface area (Å²) in [6.45, 7) is 0. The van der Waals surface area contributed by atoms with Gasteiger partial charge >= 0.3 is 5.97 Å². The Kier molecular flexibility index (Phi) is 3.19. The Hall–Kier alpha value is -0.710. The number of rotatable bonds is 2. The number of carbonyl (C=O) groups excluding carboxylic acids is 1. The average Bonchev–Trinajstić information content (AvgIpc) is 2.04. The van der Waals surface area contributed by atoms with Gasteiger partial charge in [0.2, 0.25) is 5.92 Å². The van der Waals surface area contributed by atoms with Gasteiger partial charge in [-0.05, 0) is 12.8 Å². The van der Waals surface area contributed by atoms with Gasteiger partial charge in [-0.15, -0.1) is 0 Å². The molecule has 1 rings (SSSR count). The third kappa shape index (κ3) is 2.91. The molecule has 13 heavy (non-hydrogen) atoms. The molecule has 0 aromatic carbocycles.